The molecule has 5 nitrogen and oxygen atoms in total. The topological polar surface area (TPSA) is 65.2 Å². The van der Waals surface area contributed by atoms with Crippen LogP contribution in [0, 0.1) is 0 Å². The van der Waals surface area contributed by atoms with Crippen LogP contribution in [-0.4, -0.2) is 42.1 Å². The number of rotatable bonds is 3. The first-order chi connectivity index (χ1) is 8.54. The Bertz CT molecular complexity index is 497. The first-order valence-corrected chi connectivity index (χ1v) is 8.27. The summed E-state index contributed by atoms with van der Waals surface area (Å²) in [5.41, 5.74) is 1.09. The Morgan fingerprint density at radius 1 is 1.33 bits per heavy atom. The molecule has 2 bridgehead atoms. The molecule has 2 N–H and O–H groups in total. The number of nitrogens with one attached hydrogen (secondary N) is 2. The van der Waals surface area contributed by atoms with E-state index < -0.39 is 10.0 Å². The van der Waals surface area contributed by atoms with Gasteiger partial charge in [-0.2, -0.15) is 4.31 Å². The molecule has 2 saturated heterocycles. The third-order valence-corrected chi connectivity index (χ3v) is 5.38. The van der Waals surface area contributed by atoms with E-state index in [0.717, 1.165) is 31.4 Å². The van der Waals surface area contributed by atoms with Gasteiger partial charge in [0.25, 0.3) is 0 Å². The molecule has 6 heteroatoms. The number of piperidine rings is 1. The van der Waals surface area contributed by atoms with Crippen LogP contribution in [0.5, 0.6) is 0 Å². The Morgan fingerprint density at radius 2 is 2.00 bits per heavy atom. The van der Waals surface area contributed by atoms with Gasteiger partial charge in [-0.3, -0.25) is 0 Å². The number of hydrogen-bond donors (Lipinski definition) is 2. The molecule has 0 amide bonds. The van der Waals surface area contributed by atoms with Gasteiger partial charge in [-0.05, 0) is 31.7 Å². The number of aromatic nitrogens is 1. The lowest BCUT2D eigenvalue weighted by Gasteiger charge is -2.37. The number of aromatic amines is 1. The van der Waals surface area contributed by atoms with Gasteiger partial charge in [0, 0.05) is 30.5 Å². The summed E-state index contributed by atoms with van der Waals surface area (Å²) >= 11 is 0. The van der Waals surface area contributed by atoms with Crippen molar-refractivity contribution in [1.29, 1.82) is 0 Å². The predicted molar refractivity (Wildman–Crippen MR) is 70.9 cm³/mol. The molecule has 1 aromatic rings. The minimum atomic E-state index is -3.05. The predicted octanol–water partition coefficient (Wildman–Crippen LogP) is 1.38. The summed E-state index contributed by atoms with van der Waals surface area (Å²) in [5.74, 6) is 0. The highest BCUT2D eigenvalue weighted by molar-refractivity contribution is 7.88. The molecular formula is C12H19N3O2S. The SMILES string of the molecule is CS(=O)(=O)N1C2CCC1CC(Nc1cc[nH]c1)C2. The van der Waals surface area contributed by atoms with Crippen LogP contribution in [-0.2, 0) is 10.0 Å². The Labute approximate surface area is 108 Å². The Morgan fingerprint density at radius 3 is 2.50 bits per heavy atom. The minimum Gasteiger partial charge on any atom is -0.381 e. The zero-order chi connectivity index (χ0) is 12.8. The Balaban J connectivity index is 1.72. The fraction of sp³-hybridized carbons (Fsp3) is 0.667. The van der Waals surface area contributed by atoms with Gasteiger partial charge in [-0.15, -0.1) is 0 Å². The van der Waals surface area contributed by atoms with E-state index in [2.05, 4.69) is 10.3 Å². The molecule has 100 valence electrons. The molecular weight excluding hydrogens is 250 g/mol. The lowest BCUT2D eigenvalue weighted by molar-refractivity contribution is 0.236. The summed E-state index contributed by atoms with van der Waals surface area (Å²) in [6.07, 6.45) is 8.99. The lowest BCUT2D eigenvalue weighted by Crippen LogP contribution is -2.49. The summed E-state index contributed by atoms with van der Waals surface area (Å²) in [6.45, 7) is 0. The lowest BCUT2D eigenvalue weighted by atomic mass is 9.99. The van der Waals surface area contributed by atoms with Crippen LogP contribution in [0.25, 0.3) is 0 Å². The summed E-state index contributed by atoms with van der Waals surface area (Å²) in [5, 5.41) is 3.48. The third-order valence-electron chi connectivity index (χ3n) is 4.02. The van der Waals surface area contributed by atoms with Gasteiger partial charge in [-0.1, -0.05) is 0 Å². The van der Waals surface area contributed by atoms with E-state index in [0.29, 0.717) is 6.04 Å². The third kappa shape index (κ3) is 2.14. The number of hydrogen-bond acceptors (Lipinski definition) is 3. The number of nitrogens with zero attached hydrogens (tertiary/aromatic N) is 1. The van der Waals surface area contributed by atoms with Crippen molar-refractivity contribution in [2.24, 2.45) is 0 Å². The molecule has 2 aliphatic rings. The normalized spacial score (nSPS) is 32.6. The standard InChI is InChI=1S/C12H19N3O2S/c1-18(16,17)15-11-2-3-12(15)7-10(6-11)14-9-4-5-13-8-9/h4-5,8,10-14H,2-3,6-7H2,1H3. The first-order valence-electron chi connectivity index (χ1n) is 6.42. The van der Waals surface area contributed by atoms with Crippen molar-refractivity contribution in [2.75, 3.05) is 11.6 Å². The monoisotopic (exact) mass is 269 g/mol. The maximum Gasteiger partial charge on any atom is 0.211 e. The fourth-order valence-electron chi connectivity index (χ4n) is 3.44. The van der Waals surface area contributed by atoms with Crippen LogP contribution < -0.4 is 5.32 Å². The average Bonchev–Trinajstić information content (AvgIpc) is 2.85. The van der Waals surface area contributed by atoms with E-state index in [-0.39, 0.29) is 12.1 Å². The molecule has 2 unspecified atom stereocenters. The van der Waals surface area contributed by atoms with E-state index in [1.54, 1.807) is 4.31 Å². The van der Waals surface area contributed by atoms with Crippen molar-refractivity contribution in [1.82, 2.24) is 9.29 Å². The van der Waals surface area contributed by atoms with Gasteiger partial charge in [0.15, 0.2) is 0 Å². The van der Waals surface area contributed by atoms with Gasteiger partial charge < -0.3 is 10.3 Å². The summed E-state index contributed by atoms with van der Waals surface area (Å²) in [4.78, 5) is 3.02. The van der Waals surface area contributed by atoms with Crippen LogP contribution in [0.4, 0.5) is 5.69 Å². The molecule has 0 aliphatic carbocycles. The maximum absolute atomic E-state index is 11.8. The molecule has 0 spiro atoms. The molecule has 2 atom stereocenters. The molecule has 3 heterocycles. The number of H-pyrrole nitrogens is 1. The van der Waals surface area contributed by atoms with Crippen molar-refractivity contribution in [2.45, 2.75) is 43.8 Å². The van der Waals surface area contributed by atoms with Gasteiger partial charge in [0.2, 0.25) is 10.0 Å². The minimum absolute atomic E-state index is 0.190. The van der Waals surface area contributed by atoms with E-state index in [1.807, 2.05) is 18.5 Å². The number of sulfonamides is 1. The summed E-state index contributed by atoms with van der Waals surface area (Å²) in [6, 6.07) is 2.77. The number of fused-ring (bicyclic) bond motifs is 2. The quantitative estimate of drug-likeness (QED) is 0.871. The molecule has 0 aromatic carbocycles. The van der Waals surface area contributed by atoms with Crippen molar-refractivity contribution in [3.05, 3.63) is 18.5 Å². The molecule has 3 rings (SSSR count). The van der Waals surface area contributed by atoms with Crippen LogP contribution in [0.1, 0.15) is 25.7 Å². The molecule has 0 saturated carbocycles. The van der Waals surface area contributed by atoms with Crippen molar-refractivity contribution in [3.63, 3.8) is 0 Å². The van der Waals surface area contributed by atoms with Crippen LogP contribution >= 0.6 is 0 Å². The van der Waals surface area contributed by atoms with Crippen LogP contribution in [0.15, 0.2) is 18.5 Å². The second-order valence-corrected chi connectivity index (χ2v) is 7.28. The molecule has 2 fully saturated rings. The van der Waals surface area contributed by atoms with Gasteiger partial charge in [-0.25, -0.2) is 8.42 Å². The van der Waals surface area contributed by atoms with Crippen LogP contribution in [0.3, 0.4) is 0 Å². The van der Waals surface area contributed by atoms with Gasteiger partial charge in [0.1, 0.15) is 0 Å². The second-order valence-electron chi connectivity index (χ2n) is 5.39. The van der Waals surface area contributed by atoms with Crippen molar-refractivity contribution in [3.8, 4) is 0 Å². The highest BCUT2D eigenvalue weighted by Gasteiger charge is 2.45. The Kier molecular flexibility index (Phi) is 2.86. The zero-order valence-electron chi connectivity index (χ0n) is 10.5. The summed E-state index contributed by atoms with van der Waals surface area (Å²) in [7, 11) is -3.05. The first kappa shape index (κ1) is 12.0. The van der Waals surface area contributed by atoms with Crippen molar-refractivity contribution >= 4 is 15.7 Å². The van der Waals surface area contributed by atoms with E-state index in [1.165, 1.54) is 6.26 Å². The average molecular weight is 269 g/mol. The maximum atomic E-state index is 11.8. The molecule has 0 radical (unpaired) electrons. The molecule has 1 aromatic heterocycles. The van der Waals surface area contributed by atoms with E-state index in [4.69, 9.17) is 0 Å². The van der Waals surface area contributed by atoms with Gasteiger partial charge >= 0.3 is 0 Å². The smallest absolute Gasteiger partial charge is 0.211 e. The molecule has 2 aliphatic heterocycles. The Hall–Kier alpha value is -1.01. The summed E-state index contributed by atoms with van der Waals surface area (Å²) < 4.78 is 25.3. The van der Waals surface area contributed by atoms with E-state index >= 15 is 0 Å². The van der Waals surface area contributed by atoms with E-state index in [9.17, 15) is 8.42 Å². The largest absolute Gasteiger partial charge is 0.381 e. The van der Waals surface area contributed by atoms with Gasteiger partial charge in [0.05, 0.1) is 11.9 Å². The van der Waals surface area contributed by atoms with Crippen LogP contribution in [0.2, 0.25) is 0 Å². The molecule has 18 heavy (non-hydrogen) atoms. The van der Waals surface area contributed by atoms with Crippen molar-refractivity contribution < 1.29 is 8.42 Å². The highest BCUT2D eigenvalue weighted by atomic mass is 32.2. The highest BCUT2D eigenvalue weighted by Crippen LogP contribution is 2.38. The zero-order valence-corrected chi connectivity index (χ0v) is 11.3. The number of anilines is 1. The fourth-order valence-corrected chi connectivity index (χ4v) is 4.91. The second kappa shape index (κ2) is 4.28.